The molecular weight excluding hydrogens is 600 g/mol. The van der Waals surface area contributed by atoms with E-state index in [1.165, 1.54) is 94.1 Å². The summed E-state index contributed by atoms with van der Waals surface area (Å²) < 4.78 is 2.34. The first-order valence-corrected chi connectivity index (χ1v) is 18.3. The van der Waals surface area contributed by atoms with Gasteiger partial charge in [-0.1, -0.05) is 167 Å². The molecule has 0 aliphatic carbocycles. The first-order chi connectivity index (χ1) is 23.8. The first kappa shape index (κ1) is 33.9. The zero-order chi connectivity index (χ0) is 35.5. The lowest BCUT2D eigenvalue weighted by Gasteiger charge is -2.36. The quantitative estimate of drug-likeness (QED) is 0.146. The normalized spacial score (nSPS) is 12.6. The van der Waals surface area contributed by atoms with Gasteiger partial charge in [-0.2, -0.15) is 0 Å². The van der Waals surface area contributed by atoms with E-state index in [1.807, 2.05) is 0 Å². The fourth-order valence-electron chi connectivity index (χ4n) is 9.00. The highest BCUT2D eigenvalue weighted by atomic mass is 14.9. The van der Waals surface area contributed by atoms with Crippen molar-refractivity contribution < 1.29 is 4.57 Å². The predicted molar refractivity (Wildman–Crippen MR) is 219 cm³/mol. The highest BCUT2D eigenvalue weighted by molar-refractivity contribution is 7.11. The largest absolute Gasteiger partial charge is 0.241 e. The lowest BCUT2D eigenvalue weighted by Crippen LogP contribution is -2.76. The van der Waals surface area contributed by atoms with Crippen LogP contribution in [0.15, 0.2) is 109 Å². The average molecular weight is 651 g/mol. The van der Waals surface area contributed by atoms with Crippen LogP contribution in [0.1, 0.15) is 59.7 Å². The van der Waals surface area contributed by atoms with Gasteiger partial charge in [-0.05, 0) is 81.7 Å². The van der Waals surface area contributed by atoms with Crippen molar-refractivity contribution in [1.82, 2.24) is 0 Å². The lowest BCUT2D eigenvalue weighted by atomic mass is 9.20. The molecule has 0 spiro atoms. The molecule has 0 amide bonds. The van der Waals surface area contributed by atoms with Gasteiger partial charge >= 0.3 is 0 Å². The number of benzene rings is 5. The summed E-state index contributed by atoms with van der Waals surface area (Å²) in [6, 6.07) is 39.1. The lowest BCUT2D eigenvalue weighted by molar-refractivity contribution is -0.660. The monoisotopic (exact) mass is 650 g/mol. The Bertz CT molecular complexity index is 2210. The average Bonchev–Trinajstić information content (AvgIpc) is 3.06. The molecule has 3 heteroatoms. The van der Waals surface area contributed by atoms with Crippen molar-refractivity contribution in [1.29, 1.82) is 0 Å². The molecule has 0 saturated carbocycles. The van der Waals surface area contributed by atoms with Gasteiger partial charge in [0.25, 0.3) is 0 Å². The van der Waals surface area contributed by atoms with Gasteiger partial charge in [-0.25, -0.2) is 4.57 Å². The van der Waals surface area contributed by atoms with E-state index in [-0.39, 0.29) is 18.8 Å². The van der Waals surface area contributed by atoms with Gasteiger partial charge < -0.3 is 0 Å². The van der Waals surface area contributed by atoms with E-state index in [4.69, 9.17) is 0 Å². The minimum Gasteiger partial charge on any atom is -0.201 e. The first-order valence-electron chi connectivity index (χ1n) is 18.3. The van der Waals surface area contributed by atoms with Crippen molar-refractivity contribution in [3.05, 3.63) is 148 Å². The summed E-state index contributed by atoms with van der Waals surface area (Å²) in [6.45, 7) is 21.2. The number of hydrogen-bond acceptors (Lipinski definition) is 0. The molecule has 0 radical (unpaired) electrons. The minimum atomic E-state index is 0.141. The van der Waals surface area contributed by atoms with Crippen molar-refractivity contribution in [2.45, 2.75) is 68.7 Å². The molecule has 0 saturated heterocycles. The second-order valence-corrected chi connectivity index (χ2v) is 16.1. The van der Waals surface area contributed by atoms with Crippen molar-refractivity contribution >= 4 is 46.2 Å². The van der Waals surface area contributed by atoms with Gasteiger partial charge in [0.05, 0.1) is 0 Å². The molecule has 248 valence electrons. The Balaban J connectivity index is 1.52. The number of rotatable bonds is 5. The van der Waals surface area contributed by atoms with Crippen molar-refractivity contribution in [2.24, 2.45) is 12.5 Å². The molecule has 7 rings (SSSR count). The van der Waals surface area contributed by atoms with E-state index in [0.717, 1.165) is 6.42 Å². The highest BCUT2D eigenvalue weighted by Gasteiger charge is 2.42. The molecule has 50 heavy (non-hydrogen) atoms. The molecule has 0 N–H and O–H groups in total. The zero-order valence-corrected chi connectivity index (χ0v) is 31.7. The van der Waals surface area contributed by atoms with E-state index in [1.54, 1.807) is 0 Å². The Hall–Kier alpha value is -4.62. The number of hydrogen-bond donors (Lipinski definition) is 0. The zero-order valence-electron chi connectivity index (χ0n) is 31.7. The molecule has 1 nitrogen and oxygen atoms in total. The number of nitrogens with zero attached hydrogens (tertiary/aromatic N) is 1. The van der Waals surface area contributed by atoms with Crippen LogP contribution in [-0.4, -0.2) is 13.4 Å². The fourth-order valence-corrected chi connectivity index (χ4v) is 9.00. The van der Waals surface area contributed by atoms with Crippen molar-refractivity contribution in [3.8, 4) is 22.4 Å². The van der Waals surface area contributed by atoms with Crippen LogP contribution in [0.25, 0.3) is 22.4 Å². The molecule has 1 aromatic heterocycles. The molecule has 0 unspecified atom stereocenters. The third kappa shape index (κ3) is 5.96. The summed E-state index contributed by atoms with van der Waals surface area (Å²) in [7, 11) is 2.21. The fraction of sp³-hybridized carbons (Fsp3) is 0.255. The van der Waals surface area contributed by atoms with Crippen LogP contribution in [0.5, 0.6) is 0 Å². The second kappa shape index (κ2) is 12.9. The molecule has 0 fully saturated rings. The Morgan fingerprint density at radius 1 is 0.520 bits per heavy atom. The van der Waals surface area contributed by atoms with Crippen LogP contribution in [-0.2, 0) is 13.5 Å². The van der Waals surface area contributed by atoms with Crippen LogP contribution < -0.4 is 37.3 Å². The van der Waals surface area contributed by atoms with Crippen LogP contribution >= 0.6 is 0 Å². The number of aromatic nitrogens is 1. The maximum Gasteiger partial charge on any atom is 0.241 e. The Labute approximate surface area is 301 Å². The van der Waals surface area contributed by atoms with Gasteiger partial charge in [0.2, 0.25) is 19.1 Å². The maximum atomic E-state index is 2.48. The minimum absolute atomic E-state index is 0.141. The topological polar surface area (TPSA) is 3.88 Å². The predicted octanol–water partition coefficient (Wildman–Crippen LogP) is 6.63. The van der Waals surface area contributed by atoms with Crippen molar-refractivity contribution in [2.75, 3.05) is 0 Å². The molecule has 0 bridgehead atoms. The van der Waals surface area contributed by atoms with Gasteiger partial charge in [-0.3, -0.25) is 0 Å². The van der Waals surface area contributed by atoms with E-state index in [0.29, 0.717) is 0 Å². The maximum absolute atomic E-state index is 2.48. The summed E-state index contributed by atoms with van der Waals surface area (Å²) in [5.74, 6) is 0. The molecule has 1 aliphatic heterocycles. The van der Waals surface area contributed by atoms with Crippen molar-refractivity contribution in [3.63, 3.8) is 0 Å². The van der Waals surface area contributed by atoms with Crippen LogP contribution in [0, 0.1) is 47.0 Å². The van der Waals surface area contributed by atoms with Crippen LogP contribution in [0.3, 0.4) is 0 Å². The highest BCUT2D eigenvalue weighted by Crippen LogP contribution is 2.28. The second-order valence-electron chi connectivity index (χ2n) is 16.1. The van der Waals surface area contributed by atoms with Gasteiger partial charge in [0.15, 0.2) is 6.20 Å². The molecule has 6 aromatic rings. The van der Waals surface area contributed by atoms with E-state index < -0.39 is 0 Å². The molecule has 5 aromatic carbocycles. The Morgan fingerprint density at radius 3 is 1.72 bits per heavy atom. The number of aryl methyl sites for hydroxylation is 6. The van der Waals surface area contributed by atoms with E-state index in [9.17, 15) is 0 Å². The Morgan fingerprint density at radius 2 is 1.10 bits per heavy atom. The smallest absolute Gasteiger partial charge is 0.201 e. The summed E-state index contributed by atoms with van der Waals surface area (Å²) in [5.41, 5.74) is 23.5. The third-order valence-electron chi connectivity index (χ3n) is 11.2. The standard InChI is InChI=1S/C47H50B2N/c1-30-17-16-18-31(2)44(30)49-41-22-15-14-21-40(41)48(45-32(3)25-37(26-33(45)4)36-19-12-11-13-20-36)42-24-23-39(35(6)46(42)49)43-27-38(28-47(7,8)9)34(5)29-50(43)10/h11-27,29H,28H2,1-10H3/q+1. The van der Waals surface area contributed by atoms with Gasteiger partial charge in [-0.15, -0.1) is 0 Å². The van der Waals surface area contributed by atoms with E-state index >= 15 is 0 Å². The molecule has 0 atom stereocenters. The molecular formula is C47H50B2N+. The summed E-state index contributed by atoms with van der Waals surface area (Å²) in [4.78, 5) is 0. The SMILES string of the molecule is Cc1c[n+](C)c(-c2ccc3c(c2C)B(c2c(C)cccc2C)c2ccccc2B3c2c(C)cc(-c3ccccc3)cc2C)cc1CC(C)(C)C. The van der Waals surface area contributed by atoms with Gasteiger partial charge in [0, 0.05) is 17.2 Å². The summed E-state index contributed by atoms with van der Waals surface area (Å²) in [6.07, 6.45) is 3.38. The number of pyridine rings is 1. The van der Waals surface area contributed by atoms with E-state index in [2.05, 4.69) is 183 Å². The Kier molecular flexibility index (Phi) is 8.75. The van der Waals surface area contributed by atoms with Crippen LogP contribution in [0.2, 0.25) is 0 Å². The molecule has 1 aliphatic rings. The van der Waals surface area contributed by atoms with Crippen LogP contribution in [0.4, 0.5) is 0 Å². The summed E-state index contributed by atoms with van der Waals surface area (Å²) in [5, 5.41) is 0. The van der Waals surface area contributed by atoms with Gasteiger partial charge in [0.1, 0.15) is 7.05 Å². The summed E-state index contributed by atoms with van der Waals surface area (Å²) >= 11 is 0. The molecule has 2 heterocycles. The number of fused-ring (bicyclic) bond motifs is 2. The third-order valence-corrected chi connectivity index (χ3v) is 11.2.